The Bertz CT molecular complexity index is 942. The van der Waals surface area contributed by atoms with Crippen molar-refractivity contribution >= 4 is 11.6 Å². The number of nitrogens with one attached hydrogen (secondary N) is 1. The summed E-state index contributed by atoms with van der Waals surface area (Å²) in [5.41, 5.74) is 3.54. The minimum atomic E-state index is -0.102. The summed E-state index contributed by atoms with van der Waals surface area (Å²) < 4.78 is 0. The number of piperazine rings is 1. The summed E-state index contributed by atoms with van der Waals surface area (Å²) in [7, 11) is 0. The molecule has 0 amide bonds. The van der Waals surface area contributed by atoms with E-state index in [0.29, 0.717) is 11.3 Å². The minimum absolute atomic E-state index is 0.102. The lowest BCUT2D eigenvalue weighted by Crippen LogP contribution is -2.46. The number of ketones is 1. The van der Waals surface area contributed by atoms with Crippen molar-refractivity contribution in [1.82, 2.24) is 15.3 Å². The summed E-state index contributed by atoms with van der Waals surface area (Å²) in [5.74, 6) is 0.735. The molecule has 1 fully saturated rings. The van der Waals surface area contributed by atoms with Gasteiger partial charge in [-0.2, -0.15) is 0 Å². The summed E-state index contributed by atoms with van der Waals surface area (Å²) >= 11 is 0. The molecule has 5 nitrogen and oxygen atoms in total. The first-order chi connectivity index (χ1) is 13.2. The Morgan fingerprint density at radius 2 is 2.04 bits per heavy atom. The van der Waals surface area contributed by atoms with Gasteiger partial charge in [0.25, 0.3) is 0 Å². The number of carbonyl (C=O) groups is 1. The number of aryl methyl sites for hydroxylation is 1. The zero-order chi connectivity index (χ0) is 18.6. The average Bonchev–Trinajstić information content (AvgIpc) is 2.74. The summed E-state index contributed by atoms with van der Waals surface area (Å²) in [4.78, 5) is 23.6. The number of hydrogen-bond donors (Lipinski definition) is 1. The molecule has 0 bridgehead atoms. The second-order valence-electron chi connectivity index (χ2n) is 6.82. The summed E-state index contributed by atoms with van der Waals surface area (Å²) in [6, 6.07) is 18.0. The Balaban J connectivity index is 1.55. The maximum absolute atomic E-state index is 12.7. The monoisotopic (exact) mass is 358 g/mol. The molecule has 1 atom stereocenters. The molecule has 27 heavy (non-hydrogen) atoms. The van der Waals surface area contributed by atoms with Gasteiger partial charge in [-0.05, 0) is 36.8 Å². The predicted molar refractivity (Wildman–Crippen MR) is 106 cm³/mol. The molecule has 4 rings (SSSR count). The molecule has 3 heterocycles. The van der Waals surface area contributed by atoms with Gasteiger partial charge in [-0.3, -0.25) is 9.78 Å². The van der Waals surface area contributed by atoms with E-state index in [-0.39, 0.29) is 11.8 Å². The van der Waals surface area contributed by atoms with E-state index < -0.39 is 0 Å². The number of benzene rings is 1. The summed E-state index contributed by atoms with van der Waals surface area (Å²) in [5, 5.41) is 3.58. The number of aromatic nitrogens is 2. The van der Waals surface area contributed by atoms with Crippen LogP contribution in [-0.2, 0) is 0 Å². The van der Waals surface area contributed by atoms with E-state index >= 15 is 0 Å². The van der Waals surface area contributed by atoms with Gasteiger partial charge in [0.2, 0.25) is 5.78 Å². The van der Waals surface area contributed by atoms with Gasteiger partial charge < -0.3 is 10.2 Å². The Hall–Kier alpha value is -3.05. The van der Waals surface area contributed by atoms with Crippen molar-refractivity contribution in [3.63, 3.8) is 0 Å². The molecule has 1 aliphatic heterocycles. The van der Waals surface area contributed by atoms with Crippen LogP contribution in [0.25, 0.3) is 0 Å². The summed E-state index contributed by atoms with van der Waals surface area (Å²) in [6.07, 6.45) is 3.24. The molecule has 2 aromatic heterocycles. The lowest BCUT2D eigenvalue weighted by Gasteiger charge is -2.35. The van der Waals surface area contributed by atoms with Crippen LogP contribution in [0.1, 0.15) is 33.2 Å². The third-order valence-electron chi connectivity index (χ3n) is 4.83. The quantitative estimate of drug-likeness (QED) is 0.726. The third kappa shape index (κ3) is 3.88. The van der Waals surface area contributed by atoms with Crippen molar-refractivity contribution in [1.29, 1.82) is 0 Å². The summed E-state index contributed by atoms with van der Waals surface area (Å²) in [6.45, 7) is 4.67. The van der Waals surface area contributed by atoms with E-state index in [1.54, 1.807) is 30.6 Å². The van der Waals surface area contributed by atoms with Crippen LogP contribution in [0.5, 0.6) is 0 Å². The maximum Gasteiger partial charge on any atom is 0.212 e. The van der Waals surface area contributed by atoms with Gasteiger partial charge in [0.15, 0.2) is 0 Å². The molecule has 0 saturated carbocycles. The first-order valence-corrected chi connectivity index (χ1v) is 9.17. The number of pyridine rings is 2. The fourth-order valence-electron chi connectivity index (χ4n) is 3.44. The first kappa shape index (κ1) is 17.4. The first-order valence-electron chi connectivity index (χ1n) is 9.17. The molecular formula is C22H22N4O. The molecule has 136 valence electrons. The molecular weight excluding hydrogens is 336 g/mol. The van der Waals surface area contributed by atoms with E-state index in [0.717, 1.165) is 25.5 Å². The highest BCUT2D eigenvalue weighted by Gasteiger charge is 2.22. The second kappa shape index (κ2) is 7.68. The minimum Gasteiger partial charge on any atom is -0.353 e. The number of anilines is 1. The van der Waals surface area contributed by atoms with Crippen molar-refractivity contribution in [3.8, 4) is 0 Å². The van der Waals surface area contributed by atoms with E-state index in [9.17, 15) is 4.79 Å². The molecule has 3 aromatic rings. The topological polar surface area (TPSA) is 58.1 Å². The number of nitrogens with zero attached hydrogens (tertiary/aromatic N) is 3. The van der Waals surface area contributed by atoms with E-state index in [1.165, 1.54) is 11.1 Å². The predicted octanol–water partition coefficient (Wildman–Crippen LogP) is 3.17. The maximum atomic E-state index is 12.7. The van der Waals surface area contributed by atoms with Crippen molar-refractivity contribution in [2.24, 2.45) is 0 Å². The van der Waals surface area contributed by atoms with Crippen LogP contribution in [0.3, 0.4) is 0 Å². The Morgan fingerprint density at radius 1 is 1.15 bits per heavy atom. The highest BCUT2D eigenvalue weighted by atomic mass is 16.1. The fourth-order valence-corrected chi connectivity index (χ4v) is 3.44. The standard InChI is InChI=1S/C22H22N4O/c1-16-5-2-6-17(13-16)20-15-26(12-11-24-20)21-9-3-8-19(25-21)22(27)18-7-4-10-23-14-18/h2-10,13-14,20,24H,11-12,15H2,1H3. The van der Waals surface area contributed by atoms with Crippen molar-refractivity contribution in [3.05, 3.63) is 89.4 Å². The smallest absolute Gasteiger partial charge is 0.212 e. The van der Waals surface area contributed by atoms with Crippen LogP contribution >= 0.6 is 0 Å². The van der Waals surface area contributed by atoms with Gasteiger partial charge in [-0.15, -0.1) is 0 Å². The fraction of sp³-hybridized carbons (Fsp3) is 0.227. The highest BCUT2D eigenvalue weighted by molar-refractivity contribution is 6.07. The number of hydrogen-bond acceptors (Lipinski definition) is 5. The van der Waals surface area contributed by atoms with Crippen LogP contribution in [0.15, 0.2) is 67.0 Å². The van der Waals surface area contributed by atoms with Crippen molar-refractivity contribution in [2.45, 2.75) is 13.0 Å². The molecule has 1 N–H and O–H groups in total. The van der Waals surface area contributed by atoms with Crippen molar-refractivity contribution in [2.75, 3.05) is 24.5 Å². The van der Waals surface area contributed by atoms with Gasteiger partial charge in [0.05, 0.1) is 0 Å². The molecule has 1 aromatic carbocycles. The molecule has 0 spiro atoms. The molecule has 1 unspecified atom stereocenters. The van der Waals surface area contributed by atoms with Gasteiger partial charge in [0.1, 0.15) is 11.5 Å². The Morgan fingerprint density at radius 3 is 2.85 bits per heavy atom. The lowest BCUT2D eigenvalue weighted by molar-refractivity contribution is 0.103. The largest absolute Gasteiger partial charge is 0.353 e. The van der Waals surface area contributed by atoms with E-state index in [1.807, 2.05) is 12.1 Å². The molecule has 1 aliphatic rings. The third-order valence-corrected chi connectivity index (χ3v) is 4.83. The SMILES string of the molecule is Cc1cccc(C2CN(c3cccc(C(=O)c4cccnc4)n3)CCN2)c1. The Kier molecular flexibility index (Phi) is 4.94. The number of carbonyl (C=O) groups excluding carboxylic acids is 1. The van der Waals surface area contributed by atoms with Crippen LogP contribution < -0.4 is 10.2 Å². The molecule has 5 heteroatoms. The van der Waals surface area contributed by atoms with Crippen LogP contribution in [-0.4, -0.2) is 35.4 Å². The van der Waals surface area contributed by atoms with Crippen LogP contribution in [0, 0.1) is 6.92 Å². The van der Waals surface area contributed by atoms with Crippen molar-refractivity contribution < 1.29 is 4.79 Å². The molecule has 1 saturated heterocycles. The molecule has 0 radical (unpaired) electrons. The highest BCUT2D eigenvalue weighted by Crippen LogP contribution is 2.22. The van der Waals surface area contributed by atoms with Gasteiger partial charge in [-0.25, -0.2) is 4.98 Å². The van der Waals surface area contributed by atoms with Crippen LogP contribution in [0.4, 0.5) is 5.82 Å². The zero-order valence-corrected chi connectivity index (χ0v) is 15.3. The second-order valence-corrected chi connectivity index (χ2v) is 6.82. The zero-order valence-electron chi connectivity index (χ0n) is 15.3. The molecule has 0 aliphatic carbocycles. The number of rotatable bonds is 4. The Labute approximate surface area is 159 Å². The van der Waals surface area contributed by atoms with Crippen LogP contribution in [0.2, 0.25) is 0 Å². The van der Waals surface area contributed by atoms with Gasteiger partial charge in [0, 0.05) is 43.6 Å². The van der Waals surface area contributed by atoms with E-state index in [2.05, 4.69) is 51.4 Å². The average molecular weight is 358 g/mol. The van der Waals surface area contributed by atoms with Gasteiger partial charge >= 0.3 is 0 Å². The van der Waals surface area contributed by atoms with E-state index in [4.69, 9.17) is 0 Å². The van der Waals surface area contributed by atoms with Gasteiger partial charge in [-0.1, -0.05) is 35.9 Å². The lowest BCUT2D eigenvalue weighted by atomic mass is 10.0. The normalized spacial score (nSPS) is 16.9.